The highest BCUT2D eigenvalue weighted by atomic mass is 16.1. The zero-order valence-electron chi connectivity index (χ0n) is 13.6. The lowest BCUT2D eigenvalue weighted by atomic mass is 10.1. The molecule has 0 aliphatic rings. The molecule has 0 aliphatic heterocycles. The van der Waals surface area contributed by atoms with Crippen molar-refractivity contribution in [2.24, 2.45) is 0 Å². The molecule has 1 amide bonds. The van der Waals surface area contributed by atoms with Gasteiger partial charge < -0.3 is 5.32 Å². The van der Waals surface area contributed by atoms with E-state index in [0.29, 0.717) is 17.3 Å². The molecule has 126 valence electrons. The van der Waals surface area contributed by atoms with Crippen molar-refractivity contribution in [2.45, 2.75) is 0 Å². The molecule has 4 aromatic rings. The summed E-state index contributed by atoms with van der Waals surface area (Å²) in [6.07, 6.45) is 4.41. The summed E-state index contributed by atoms with van der Waals surface area (Å²) in [5.74, 6) is 0.822. The highest BCUT2D eigenvalue weighted by Crippen LogP contribution is 2.27. The van der Waals surface area contributed by atoms with E-state index in [9.17, 15) is 4.79 Å². The van der Waals surface area contributed by atoms with Crippen molar-refractivity contribution in [3.63, 3.8) is 0 Å². The predicted octanol–water partition coefficient (Wildman–Crippen LogP) is 3.18. The Balaban J connectivity index is 1.64. The summed E-state index contributed by atoms with van der Waals surface area (Å²) in [4.78, 5) is 24.8. The van der Waals surface area contributed by atoms with Crippen LogP contribution in [0.1, 0.15) is 10.5 Å². The van der Waals surface area contributed by atoms with Gasteiger partial charge in [0.05, 0.1) is 11.9 Å². The number of nitrogens with zero attached hydrogens (tertiary/aromatic N) is 4. The first-order valence-electron chi connectivity index (χ1n) is 7.96. The van der Waals surface area contributed by atoms with E-state index in [-0.39, 0.29) is 11.6 Å². The Morgan fingerprint density at radius 1 is 0.962 bits per heavy atom. The number of carbonyl (C=O) groups excluding carboxylic acids is 1. The monoisotopic (exact) mass is 342 g/mol. The molecule has 0 fully saturated rings. The molecular weight excluding hydrogens is 328 g/mol. The molecule has 0 spiro atoms. The number of para-hydroxylation sites is 1. The maximum absolute atomic E-state index is 12.4. The molecule has 0 bridgehead atoms. The number of benzene rings is 2. The SMILES string of the molecule is O=C(Nc1ccccc1-c1nc(-c2ccccc2)n[nH]1)c1cnccn1. The van der Waals surface area contributed by atoms with Crippen LogP contribution in [0, 0.1) is 0 Å². The average molecular weight is 342 g/mol. The van der Waals surface area contributed by atoms with E-state index in [0.717, 1.165) is 11.1 Å². The van der Waals surface area contributed by atoms with Gasteiger partial charge in [0.25, 0.3) is 5.91 Å². The molecule has 0 saturated carbocycles. The largest absolute Gasteiger partial charge is 0.320 e. The normalized spacial score (nSPS) is 10.5. The molecule has 26 heavy (non-hydrogen) atoms. The van der Waals surface area contributed by atoms with Crippen molar-refractivity contribution in [3.05, 3.63) is 78.9 Å². The predicted molar refractivity (Wildman–Crippen MR) is 97.2 cm³/mol. The summed E-state index contributed by atoms with van der Waals surface area (Å²) in [7, 11) is 0. The number of hydrogen-bond acceptors (Lipinski definition) is 5. The third-order valence-electron chi connectivity index (χ3n) is 3.74. The van der Waals surface area contributed by atoms with Crippen LogP contribution in [0.2, 0.25) is 0 Å². The fraction of sp³-hybridized carbons (Fsp3) is 0. The van der Waals surface area contributed by atoms with Crippen molar-refractivity contribution >= 4 is 11.6 Å². The highest BCUT2D eigenvalue weighted by Gasteiger charge is 2.14. The quantitative estimate of drug-likeness (QED) is 0.594. The van der Waals surface area contributed by atoms with Gasteiger partial charge >= 0.3 is 0 Å². The van der Waals surface area contributed by atoms with Gasteiger partial charge in [-0.1, -0.05) is 42.5 Å². The van der Waals surface area contributed by atoms with Gasteiger partial charge in [-0.15, -0.1) is 0 Å². The van der Waals surface area contributed by atoms with Gasteiger partial charge in [-0.25, -0.2) is 9.97 Å². The number of hydrogen-bond donors (Lipinski definition) is 2. The Morgan fingerprint density at radius 2 is 1.77 bits per heavy atom. The van der Waals surface area contributed by atoms with Gasteiger partial charge in [0.1, 0.15) is 5.69 Å². The lowest BCUT2D eigenvalue weighted by Crippen LogP contribution is -2.14. The molecule has 0 aliphatic carbocycles. The fourth-order valence-electron chi connectivity index (χ4n) is 2.50. The zero-order chi connectivity index (χ0) is 17.8. The van der Waals surface area contributed by atoms with Crippen LogP contribution in [0.4, 0.5) is 5.69 Å². The lowest BCUT2D eigenvalue weighted by Gasteiger charge is -2.08. The molecule has 0 atom stereocenters. The van der Waals surface area contributed by atoms with Crippen LogP contribution in [0.3, 0.4) is 0 Å². The van der Waals surface area contributed by atoms with Crippen molar-refractivity contribution < 1.29 is 4.79 Å². The molecule has 2 heterocycles. The maximum Gasteiger partial charge on any atom is 0.275 e. The smallest absolute Gasteiger partial charge is 0.275 e. The molecule has 7 nitrogen and oxygen atoms in total. The standard InChI is InChI=1S/C19H14N6O/c26-19(16-12-20-10-11-21-16)22-15-9-5-4-8-14(15)18-23-17(24-25-18)13-6-2-1-3-7-13/h1-12H,(H,22,26)(H,23,24,25). The van der Waals surface area contributed by atoms with Crippen molar-refractivity contribution in [3.8, 4) is 22.8 Å². The van der Waals surface area contributed by atoms with E-state index in [1.54, 1.807) is 6.07 Å². The molecule has 4 rings (SSSR count). The first-order valence-corrected chi connectivity index (χ1v) is 7.96. The minimum Gasteiger partial charge on any atom is -0.320 e. The van der Waals surface area contributed by atoms with Crippen LogP contribution in [0.15, 0.2) is 73.2 Å². The van der Waals surface area contributed by atoms with Gasteiger partial charge in [-0.05, 0) is 12.1 Å². The Morgan fingerprint density at radius 3 is 2.58 bits per heavy atom. The Hall–Kier alpha value is -3.87. The average Bonchev–Trinajstić information content (AvgIpc) is 3.20. The number of carbonyl (C=O) groups is 1. The Kier molecular flexibility index (Phi) is 4.17. The van der Waals surface area contributed by atoms with Gasteiger partial charge in [-0.3, -0.25) is 14.9 Å². The summed E-state index contributed by atoms with van der Waals surface area (Å²) in [5.41, 5.74) is 2.50. The second kappa shape index (κ2) is 6.94. The van der Waals surface area contributed by atoms with Crippen LogP contribution < -0.4 is 5.32 Å². The minimum absolute atomic E-state index is 0.241. The van der Waals surface area contributed by atoms with Crippen LogP contribution in [0.25, 0.3) is 22.8 Å². The summed E-state index contributed by atoms with van der Waals surface area (Å²) in [6.45, 7) is 0. The van der Waals surface area contributed by atoms with Crippen molar-refractivity contribution in [1.29, 1.82) is 0 Å². The fourth-order valence-corrected chi connectivity index (χ4v) is 2.50. The molecule has 2 aromatic carbocycles. The van der Waals surface area contributed by atoms with Crippen LogP contribution in [-0.4, -0.2) is 31.1 Å². The van der Waals surface area contributed by atoms with Gasteiger partial charge in [0.2, 0.25) is 0 Å². The van der Waals surface area contributed by atoms with Crippen LogP contribution >= 0.6 is 0 Å². The number of aromatic nitrogens is 5. The summed E-state index contributed by atoms with van der Waals surface area (Å²) < 4.78 is 0. The molecule has 0 radical (unpaired) electrons. The number of rotatable bonds is 4. The Labute approximate surface area is 149 Å². The van der Waals surface area contributed by atoms with Crippen molar-refractivity contribution in [1.82, 2.24) is 25.1 Å². The molecule has 0 saturated heterocycles. The first kappa shape index (κ1) is 15.6. The number of nitrogens with one attached hydrogen (secondary N) is 2. The van der Waals surface area contributed by atoms with E-state index in [1.807, 2.05) is 48.5 Å². The summed E-state index contributed by atoms with van der Waals surface area (Å²) in [6, 6.07) is 17.1. The second-order valence-electron chi connectivity index (χ2n) is 5.46. The number of anilines is 1. The molecular formula is C19H14N6O. The summed E-state index contributed by atoms with van der Waals surface area (Å²) in [5, 5.41) is 10.0. The molecule has 0 unspecified atom stereocenters. The second-order valence-corrected chi connectivity index (χ2v) is 5.46. The van der Waals surface area contributed by atoms with Gasteiger partial charge in [-0.2, -0.15) is 5.10 Å². The van der Waals surface area contributed by atoms with Gasteiger partial charge in [0.15, 0.2) is 11.6 Å². The lowest BCUT2D eigenvalue weighted by molar-refractivity contribution is 0.102. The van der Waals surface area contributed by atoms with E-state index in [1.165, 1.54) is 18.6 Å². The van der Waals surface area contributed by atoms with E-state index in [2.05, 4.69) is 30.5 Å². The Bertz CT molecular complexity index is 1030. The van der Waals surface area contributed by atoms with Crippen molar-refractivity contribution in [2.75, 3.05) is 5.32 Å². The highest BCUT2D eigenvalue weighted by molar-refractivity contribution is 6.04. The van der Waals surface area contributed by atoms with E-state index < -0.39 is 0 Å². The zero-order valence-corrected chi connectivity index (χ0v) is 13.6. The third-order valence-corrected chi connectivity index (χ3v) is 3.74. The van der Waals surface area contributed by atoms with Gasteiger partial charge in [0, 0.05) is 23.5 Å². The summed E-state index contributed by atoms with van der Waals surface area (Å²) >= 11 is 0. The molecule has 7 heteroatoms. The van der Waals surface area contributed by atoms with Crippen LogP contribution in [0.5, 0.6) is 0 Å². The molecule has 2 N–H and O–H groups in total. The number of amides is 1. The topological polar surface area (TPSA) is 96.5 Å². The minimum atomic E-state index is -0.339. The number of H-pyrrole nitrogens is 1. The van der Waals surface area contributed by atoms with E-state index in [4.69, 9.17) is 0 Å². The van der Waals surface area contributed by atoms with E-state index >= 15 is 0 Å². The first-order chi connectivity index (χ1) is 12.8. The molecule has 2 aromatic heterocycles. The third kappa shape index (κ3) is 3.18. The van der Waals surface area contributed by atoms with Crippen LogP contribution in [-0.2, 0) is 0 Å². The maximum atomic E-state index is 12.4. The number of aromatic amines is 1.